The zero-order chi connectivity index (χ0) is 15.4. The number of fused-ring (bicyclic) bond motifs is 1. The topological polar surface area (TPSA) is 3.24 Å². The Morgan fingerprint density at radius 2 is 1.52 bits per heavy atom. The summed E-state index contributed by atoms with van der Waals surface area (Å²) in [5.41, 5.74) is 9.01. The maximum Gasteiger partial charge on any atom is 0.0448 e. The van der Waals surface area contributed by atoms with Crippen LogP contribution in [-0.4, -0.2) is 7.05 Å². The summed E-state index contributed by atoms with van der Waals surface area (Å²) in [6.07, 6.45) is 0. The normalized spacial score (nSPS) is 16.2. The fourth-order valence-electron chi connectivity index (χ4n) is 3.37. The summed E-state index contributed by atoms with van der Waals surface area (Å²) in [6, 6.07) is 13.5. The second-order valence-corrected chi connectivity index (χ2v) is 6.74. The molecule has 0 atom stereocenters. The van der Waals surface area contributed by atoms with Gasteiger partial charge in [0, 0.05) is 23.8 Å². The van der Waals surface area contributed by atoms with Crippen LogP contribution in [0.1, 0.15) is 30.5 Å². The van der Waals surface area contributed by atoms with E-state index in [0.717, 1.165) is 5.70 Å². The Balaban J connectivity index is 2.17. The van der Waals surface area contributed by atoms with Gasteiger partial charge in [-0.2, -0.15) is 0 Å². The fourth-order valence-corrected chi connectivity index (χ4v) is 3.37. The highest BCUT2D eigenvalue weighted by Gasteiger charge is 2.37. The van der Waals surface area contributed by atoms with Crippen molar-refractivity contribution in [3.8, 4) is 11.1 Å². The molecule has 0 aliphatic carbocycles. The first-order valence-electron chi connectivity index (χ1n) is 7.47. The van der Waals surface area contributed by atoms with E-state index in [1.807, 2.05) is 0 Å². The molecule has 108 valence electrons. The number of allylic oxidation sites excluding steroid dienone is 1. The van der Waals surface area contributed by atoms with Gasteiger partial charge in [-0.3, -0.25) is 0 Å². The Hall–Kier alpha value is -2.02. The lowest BCUT2D eigenvalue weighted by atomic mass is 9.83. The van der Waals surface area contributed by atoms with Crippen molar-refractivity contribution in [3.05, 3.63) is 65.4 Å². The predicted octanol–water partition coefficient (Wildman–Crippen LogP) is 5.21. The molecule has 0 saturated heterocycles. The second-order valence-electron chi connectivity index (χ2n) is 6.74. The Labute approximate surface area is 127 Å². The van der Waals surface area contributed by atoms with E-state index < -0.39 is 0 Å². The highest BCUT2D eigenvalue weighted by molar-refractivity contribution is 5.76. The van der Waals surface area contributed by atoms with Crippen LogP contribution in [0.15, 0.2) is 48.7 Å². The molecule has 0 amide bonds. The van der Waals surface area contributed by atoms with Crippen LogP contribution < -0.4 is 4.90 Å². The summed E-state index contributed by atoms with van der Waals surface area (Å²) in [4.78, 5) is 2.21. The van der Waals surface area contributed by atoms with Crippen LogP contribution in [0.5, 0.6) is 0 Å². The molecule has 3 rings (SSSR count). The number of anilines is 1. The van der Waals surface area contributed by atoms with E-state index in [4.69, 9.17) is 0 Å². The van der Waals surface area contributed by atoms with Crippen LogP contribution in [0, 0.1) is 13.8 Å². The number of hydrogen-bond acceptors (Lipinski definition) is 1. The van der Waals surface area contributed by atoms with E-state index in [-0.39, 0.29) is 5.41 Å². The lowest BCUT2D eigenvalue weighted by Gasteiger charge is -2.22. The van der Waals surface area contributed by atoms with Gasteiger partial charge in [-0.25, -0.2) is 0 Å². The lowest BCUT2D eigenvalue weighted by molar-refractivity contribution is 0.643. The minimum Gasteiger partial charge on any atom is -0.348 e. The molecule has 0 unspecified atom stereocenters. The molecule has 0 radical (unpaired) electrons. The minimum absolute atomic E-state index is 0.00103. The van der Waals surface area contributed by atoms with Crippen molar-refractivity contribution in [2.75, 3.05) is 11.9 Å². The van der Waals surface area contributed by atoms with Crippen molar-refractivity contribution in [3.63, 3.8) is 0 Å². The van der Waals surface area contributed by atoms with Crippen LogP contribution >= 0.6 is 0 Å². The van der Waals surface area contributed by atoms with Gasteiger partial charge in [-0.1, -0.05) is 55.8 Å². The summed E-state index contributed by atoms with van der Waals surface area (Å²) in [7, 11) is 2.10. The molecule has 1 aliphatic rings. The molecule has 0 spiro atoms. The molecule has 2 aromatic rings. The van der Waals surface area contributed by atoms with Gasteiger partial charge in [-0.15, -0.1) is 0 Å². The largest absolute Gasteiger partial charge is 0.348 e. The summed E-state index contributed by atoms with van der Waals surface area (Å²) in [5, 5.41) is 0. The van der Waals surface area contributed by atoms with Gasteiger partial charge in [0.15, 0.2) is 0 Å². The molecular formula is C20H23N. The monoisotopic (exact) mass is 277 g/mol. The number of benzene rings is 2. The molecule has 1 aliphatic heterocycles. The average Bonchev–Trinajstić information content (AvgIpc) is 2.59. The molecular weight excluding hydrogens is 254 g/mol. The highest BCUT2D eigenvalue weighted by Crippen LogP contribution is 2.47. The Morgan fingerprint density at radius 3 is 2.14 bits per heavy atom. The first kappa shape index (κ1) is 13.9. The van der Waals surface area contributed by atoms with Crippen LogP contribution in [0.4, 0.5) is 5.69 Å². The first-order chi connectivity index (χ1) is 9.80. The molecule has 0 aromatic heterocycles. The molecule has 1 heterocycles. The van der Waals surface area contributed by atoms with E-state index in [1.165, 1.54) is 33.5 Å². The third-order valence-corrected chi connectivity index (χ3v) is 4.71. The molecule has 0 N–H and O–H groups in total. The third-order valence-electron chi connectivity index (χ3n) is 4.71. The van der Waals surface area contributed by atoms with Gasteiger partial charge in [0.25, 0.3) is 0 Å². The fraction of sp³-hybridized carbons (Fsp3) is 0.300. The summed E-state index contributed by atoms with van der Waals surface area (Å²) in [6.45, 7) is 13.1. The zero-order valence-electron chi connectivity index (χ0n) is 13.6. The average molecular weight is 277 g/mol. The van der Waals surface area contributed by atoms with Crippen LogP contribution in [0.2, 0.25) is 0 Å². The van der Waals surface area contributed by atoms with Crippen molar-refractivity contribution >= 4 is 5.69 Å². The SMILES string of the molecule is C=C1N(C)c2ccc(-c3cc(C)cc(C)c3)cc2C1(C)C. The van der Waals surface area contributed by atoms with Crippen LogP contribution in [-0.2, 0) is 5.41 Å². The molecule has 0 saturated carbocycles. The minimum atomic E-state index is -0.00103. The van der Waals surface area contributed by atoms with Gasteiger partial charge in [0.05, 0.1) is 0 Å². The second kappa shape index (κ2) is 4.49. The Kier molecular flexibility index (Phi) is 2.98. The predicted molar refractivity (Wildman–Crippen MR) is 91.9 cm³/mol. The summed E-state index contributed by atoms with van der Waals surface area (Å²) in [5.74, 6) is 0. The number of likely N-dealkylation sites (N-methyl/N-ethyl adjacent to an activating group) is 1. The van der Waals surface area contributed by atoms with Gasteiger partial charge >= 0.3 is 0 Å². The van der Waals surface area contributed by atoms with E-state index in [1.54, 1.807) is 0 Å². The molecule has 2 aromatic carbocycles. The Morgan fingerprint density at radius 1 is 0.905 bits per heavy atom. The molecule has 1 heteroatoms. The highest BCUT2D eigenvalue weighted by atomic mass is 15.1. The standard InChI is InChI=1S/C20H23N/c1-13-9-14(2)11-17(10-13)16-7-8-19-18(12-16)20(4,5)15(3)21(19)6/h7-12H,3H2,1-2,4-6H3. The first-order valence-corrected chi connectivity index (χ1v) is 7.47. The number of hydrogen-bond donors (Lipinski definition) is 0. The van der Waals surface area contributed by atoms with Crippen molar-refractivity contribution in [1.82, 2.24) is 0 Å². The number of aryl methyl sites for hydroxylation is 2. The van der Waals surface area contributed by atoms with Gasteiger partial charge in [-0.05, 0) is 42.7 Å². The quantitative estimate of drug-likeness (QED) is 0.691. The van der Waals surface area contributed by atoms with Crippen molar-refractivity contribution in [1.29, 1.82) is 0 Å². The summed E-state index contributed by atoms with van der Waals surface area (Å²) >= 11 is 0. The van der Waals surface area contributed by atoms with Gasteiger partial charge in [0.1, 0.15) is 0 Å². The molecule has 0 bridgehead atoms. The van der Waals surface area contributed by atoms with Crippen LogP contribution in [0.25, 0.3) is 11.1 Å². The molecule has 21 heavy (non-hydrogen) atoms. The lowest BCUT2D eigenvalue weighted by Crippen LogP contribution is -2.21. The van der Waals surface area contributed by atoms with E-state index in [2.05, 4.69) is 82.6 Å². The Bertz CT molecular complexity index is 717. The van der Waals surface area contributed by atoms with E-state index >= 15 is 0 Å². The van der Waals surface area contributed by atoms with E-state index in [0.29, 0.717) is 0 Å². The third kappa shape index (κ3) is 2.08. The summed E-state index contributed by atoms with van der Waals surface area (Å²) < 4.78 is 0. The van der Waals surface area contributed by atoms with Crippen molar-refractivity contribution in [2.45, 2.75) is 33.1 Å². The number of nitrogens with zero attached hydrogens (tertiary/aromatic N) is 1. The maximum absolute atomic E-state index is 4.26. The number of rotatable bonds is 1. The van der Waals surface area contributed by atoms with Gasteiger partial charge < -0.3 is 4.90 Å². The zero-order valence-corrected chi connectivity index (χ0v) is 13.6. The van der Waals surface area contributed by atoms with Crippen molar-refractivity contribution in [2.24, 2.45) is 0 Å². The van der Waals surface area contributed by atoms with Gasteiger partial charge in [0.2, 0.25) is 0 Å². The molecule has 0 fully saturated rings. The van der Waals surface area contributed by atoms with E-state index in [9.17, 15) is 0 Å². The smallest absolute Gasteiger partial charge is 0.0448 e. The molecule has 1 nitrogen and oxygen atoms in total. The van der Waals surface area contributed by atoms with Crippen LogP contribution in [0.3, 0.4) is 0 Å². The van der Waals surface area contributed by atoms with Crippen molar-refractivity contribution < 1.29 is 0 Å². The maximum atomic E-state index is 4.26.